The highest BCUT2D eigenvalue weighted by Gasteiger charge is 2.12. The number of nitrogens with zero attached hydrogens (tertiary/aromatic N) is 3. The van der Waals surface area contributed by atoms with Crippen LogP contribution in [0.15, 0.2) is 34.8 Å². The van der Waals surface area contributed by atoms with Crippen molar-refractivity contribution in [3.8, 4) is 0 Å². The molecule has 0 radical (unpaired) electrons. The van der Waals surface area contributed by atoms with E-state index in [-0.39, 0.29) is 24.3 Å². The zero-order chi connectivity index (χ0) is 19.2. The van der Waals surface area contributed by atoms with E-state index in [9.17, 15) is 4.79 Å². The zero-order valence-electron chi connectivity index (χ0n) is 15.0. The number of para-hydroxylation sites is 1. The van der Waals surface area contributed by atoms with Crippen molar-refractivity contribution in [3.63, 3.8) is 0 Å². The largest absolute Gasteiger partial charge is 0.460 e. The third-order valence-corrected chi connectivity index (χ3v) is 3.91. The van der Waals surface area contributed by atoms with Crippen LogP contribution in [0.3, 0.4) is 0 Å². The number of hydrogen-bond donors (Lipinski definition) is 2. The molecule has 0 fully saturated rings. The van der Waals surface area contributed by atoms with Crippen molar-refractivity contribution < 1.29 is 13.9 Å². The molecule has 0 spiro atoms. The summed E-state index contributed by atoms with van der Waals surface area (Å²) in [5.41, 5.74) is 12.7. The highest BCUT2D eigenvalue weighted by Crippen LogP contribution is 2.28. The second-order valence-electron chi connectivity index (χ2n) is 5.95. The summed E-state index contributed by atoms with van der Waals surface area (Å²) in [7, 11) is 0. The van der Waals surface area contributed by atoms with Crippen molar-refractivity contribution >= 4 is 34.9 Å². The number of esters is 1. The maximum atomic E-state index is 12.1. The van der Waals surface area contributed by atoms with Gasteiger partial charge in [-0.1, -0.05) is 31.5 Å². The van der Waals surface area contributed by atoms with E-state index in [2.05, 4.69) is 21.9 Å². The van der Waals surface area contributed by atoms with E-state index in [1.807, 2.05) is 24.3 Å². The van der Waals surface area contributed by atoms with Crippen molar-refractivity contribution in [2.24, 2.45) is 0 Å². The number of furan rings is 1. The van der Waals surface area contributed by atoms with Crippen molar-refractivity contribution in [2.75, 3.05) is 11.5 Å². The van der Waals surface area contributed by atoms with E-state index in [0.29, 0.717) is 0 Å². The summed E-state index contributed by atoms with van der Waals surface area (Å²) in [6, 6.07) is 7.74. The molecule has 27 heavy (non-hydrogen) atoms. The Hall–Kier alpha value is -3.42. The Morgan fingerprint density at radius 1 is 1.19 bits per heavy atom. The molecule has 2 aromatic heterocycles. The number of carbonyl (C=O) groups excluding carboxylic acids is 1. The topological polar surface area (TPSA) is 130 Å². The third-order valence-electron chi connectivity index (χ3n) is 3.91. The molecule has 0 aliphatic heterocycles. The van der Waals surface area contributed by atoms with Crippen LogP contribution in [0.5, 0.6) is 0 Å². The maximum Gasteiger partial charge on any atom is 0.331 e. The number of benzene rings is 1. The number of ether oxygens (including phenoxy) is 1. The first kappa shape index (κ1) is 18.4. The lowest BCUT2D eigenvalue weighted by Crippen LogP contribution is -2.09. The fourth-order valence-electron chi connectivity index (χ4n) is 2.68. The predicted molar refractivity (Wildman–Crippen MR) is 102 cm³/mol. The van der Waals surface area contributed by atoms with E-state index >= 15 is 0 Å². The normalized spacial score (nSPS) is 11.3. The van der Waals surface area contributed by atoms with E-state index < -0.39 is 5.97 Å². The number of aromatic nitrogens is 3. The molecule has 0 atom stereocenters. The predicted octanol–water partition coefficient (Wildman–Crippen LogP) is 2.88. The highest BCUT2D eigenvalue weighted by molar-refractivity contribution is 5.94. The molecule has 0 bridgehead atoms. The lowest BCUT2D eigenvalue weighted by molar-refractivity contribution is -0.139. The summed E-state index contributed by atoms with van der Waals surface area (Å²) in [4.78, 5) is 23.5. The molecule has 0 saturated carbocycles. The van der Waals surface area contributed by atoms with Gasteiger partial charge in [-0.15, -0.1) is 0 Å². The van der Waals surface area contributed by atoms with Crippen LogP contribution in [-0.2, 0) is 22.6 Å². The number of rotatable bonds is 7. The van der Waals surface area contributed by atoms with Gasteiger partial charge in [-0.25, -0.2) is 4.79 Å². The SMILES string of the molecule is CCCCc1oc2ccccc2c1/C=C/C(=O)OCc1nc(N)nc(N)n1. The Morgan fingerprint density at radius 3 is 2.67 bits per heavy atom. The van der Waals surface area contributed by atoms with Gasteiger partial charge in [-0.05, 0) is 18.6 Å². The van der Waals surface area contributed by atoms with Crippen LogP contribution < -0.4 is 11.5 Å². The highest BCUT2D eigenvalue weighted by atomic mass is 16.5. The summed E-state index contributed by atoms with van der Waals surface area (Å²) in [6.45, 7) is 1.98. The number of unbranched alkanes of at least 4 members (excludes halogenated alkanes) is 1. The Balaban J connectivity index is 1.73. The van der Waals surface area contributed by atoms with Gasteiger partial charge in [0.2, 0.25) is 11.9 Å². The maximum absolute atomic E-state index is 12.1. The monoisotopic (exact) mass is 367 g/mol. The van der Waals surface area contributed by atoms with Crippen LogP contribution in [0.2, 0.25) is 0 Å². The second-order valence-corrected chi connectivity index (χ2v) is 5.95. The number of carbonyl (C=O) groups is 1. The summed E-state index contributed by atoms with van der Waals surface area (Å²) in [5.74, 6) is 0.489. The average molecular weight is 367 g/mol. The molecule has 140 valence electrons. The van der Waals surface area contributed by atoms with E-state index in [0.717, 1.165) is 41.6 Å². The van der Waals surface area contributed by atoms with E-state index in [1.165, 1.54) is 6.08 Å². The van der Waals surface area contributed by atoms with Gasteiger partial charge in [0.25, 0.3) is 0 Å². The minimum absolute atomic E-state index is 0.0190. The number of nitrogen functional groups attached to an aromatic ring is 2. The summed E-state index contributed by atoms with van der Waals surface area (Å²) >= 11 is 0. The molecule has 0 saturated heterocycles. The van der Waals surface area contributed by atoms with Crippen LogP contribution in [0, 0.1) is 0 Å². The van der Waals surface area contributed by atoms with Gasteiger partial charge in [0.15, 0.2) is 12.4 Å². The first-order valence-electron chi connectivity index (χ1n) is 8.68. The molecule has 3 rings (SSSR count). The molecule has 0 aliphatic rings. The molecule has 0 unspecified atom stereocenters. The number of anilines is 2. The van der Waals surface area contributed by atoms with Crippen LogP contribution in [0.1, 0.15) is 36.9 Å². The Morgan fingerprint density at radius 2 is 1.93 bits per heavy atom. The Labute approximate surface area is 156 Å². The van der Waals surface area contributed by atoms with Gasteiger partial charge in [-0.3, -0.25) is 0 Å². The lowest BCUT2D eigenvalue weighted by Gasteiger charge is -2.02. The fraction of sp³-hybridized carbons (Fsp3) is 0.263. The van der Waals surface area contributed by atoms with Gasteiger partial charge < -0.3 is 20.6 Å². The summed E-state index contributed by atoms with van der Waals surface area (Å²) in [6.07, 6.45) is 5.95. The summed E-state index contributed by atoms with van der Waals surface area (Å²) < 4.78 is 11.1. The Kier molecular flexibility index (Phi) is 5.65. The lowest BCUT2D eigenvalue weighted by atomic mass is 10.1. The van der Waals surface area contributed by atoms with Crippen LogP contribution in [0.4, 0.5) is 11.9 Å². The fourth-order valence-corrected chi connectivity index (χ4v) is 2.68. The standard InChI is InChI=1S/C19H21N5O3/c1-2-3-7-14-13(12-6-4-5-8-15(12)27-14)9-10-17(25)26-11-16-22-18(20)24-19(21)23-16/h4-6,8-10H,2-3,7,11H2,1H3,(H4,20,21,22,23,24)/b10-9+. The molecule has 4 N–H and O–H groups in total. The molecule has 0 aliphatic carbocycles. The van der Waals surface area contributed by atoms with Crippen LogP contribution in [0.25, 0.3) is 17.0 Å². The summed E-state index contributed by atoms with van der Waals surface area (Å²) in [5, 5.41) is 0.964. The number of fused-ring (bicyclic) bond motifs is 1. The van der Waals surface area contributed by atoms with Crippen molar-refractivity contribution in [1.82, 2.24) is 15.0 Å². The quantitative estimate of drug-likeness (QED) is 0.481. The first-order valence-corrected chi connectivity index (χ1v) is 8.68. The van der Waals surface area contributed by atoms with Gasteiger partial charge in [0, 0.05) is 23.4 Å². The Bertz CT molecular complexity index is 960. The molecular formula is C19H21N5O3. The van der Waals surface area contributed by atoms with E-state index in [4.69, 9.17) is 20.6 Å². The molecule has 3 aromatic rings. The number of aryl methyl sites for hydroxylation is 1. The van der Waals surface area contributed by atoms with Crippen molar-refractivity contribution in [2.45, 2.75) is 32.8 Å². The molecular weight excluding hydrogens is 346 g/mol. The van der Waals surface area contributed by atoms with Gasteiger partial charge >= 0.3 is 5.97 Å². The number of hydrogen-bond acceptors (Lipinski definition) is 8. The van der Waals surface area contributed by atoms with Gasteiger partial charge in [0.1, 0.15) is 11.3 Å². The first-order chi connectivity index (χ1) is 13.1. The number of nitrogens with two attached hydrogens (primary N) is 2. The van der Waals surface area contributed by atoms with Gasteiger partial charge in [0.05, 0.1) is 0 Å². The van der Waals surface area contributed by atoms with Crippen molar-refractivity contribution in [3.05, 3.63) is 47.5 Å². The minimum Gasteiger partial charge on any atom is -0.460 e. The smallest absolute Gasteiger partial charge is 0.331 e. The molecule has 8 heteroatoms. The molecule has 2 heterocycles. The molecule has 8 nitrogen and oxygen atoms in total. The van der Waals surface area contributed by atoms with Crippen LogP contribution in [-0.4, -0.2) is 20.9 Å². The minimum atomic E-state index is -0.528. The van der Waals surface area contributed by atoms with Crippen LogP contribution >= 0.6 is 0 Å². The average Bonchev–Trinajstić information content (AvgIpc) is 2.99. The van der Waals surface area contributed by atoms with E-state index in [1.54, 1.807) is 6.08 Å². The third kappa shape index (κ3) is 4.60. The second kappa shape index (κ2) is 8.31. The zero-order valence-corrected chi connectivity index (χ0v) is 15.0. The molecule has 0 amide bonds. The molecule has 1 aromatic carbocycles. The van der Waals surface area contributed by atoms with Crippen molar-refractivity contribution in [1.29, 1.82) is 0 Å². The van der Waals surface area contributed by atoms with Gasteiger partial charge in [-0.2, -0.15) is 15.0 Å².